The molecule has 3 fully saturated rings. The lowest BCUT2D eigenvalue weighted by molar-refractivity contribution is 0.0920. The fraction of sp³-hybridized carbons (Fsp3) is 0.458. The number of hydrogen-bond acceptors (Lipinski definition) is 7. The molecule has 2 saturated heterocycles. The van der Waals surface area contributed by atoms with Crippen molar-refractivity contribution in [1.29, 1.82) is 0 Å². The van der Waals surface area contributed by atoms with Gasteiger partial charge in [-0.2, -0.15) is 0 Å². The Morgan fingerprint density at radius 1 is 1.28 bits per heavy atom. The molecular weight excluding hydrogens is 422 g/mol. The molecule has 6 heterocycles. The topological polar surface area (TPSA) is 93.4 Å². The third kappa shape index (κ3) is 3.37. The average Bonchev–Trinajstić information content (AvgIpc) is 3.15. The summed E-state index contributed by atoms with van der Waals surface area (Å²) in [7, 11) is 0. The highest BCUT2D eigenvalue weighted by atomic mass is 32.1. The number of ether oxygens (including phenoxy) is 1. The Bertz CT molecular complexity index is 1200. The fourth-order valence-corrected chi connectivity index (χ4v) is 6.41. The van der Waals surface area contributed by atoms with Gasteiger partial charge in [-0.1, -0.05) is 0 Å². The van der Waals surface area contributed by atoms with E-state index in [0.29, 0.717) is 29.6 Å². The molecule has 3 aromatic heterocycles. The highest BCUT2D eigenvalue weighted by Gasteiger charge is 2.35. The van der Waals surface area contributed by atoms with E-state index >= 15 is 0 Å². The number of hydrogen-bond donors (Lipinski definition) is 2. The van der Waals surface area contributed by atoms with Crippen LogP contribution >= 0.6 is 11.3 Å². The maximum Gasteiger partial charge on any atom is 0.263 e. The minimum Gasteiger partial charge on any atom is -0.491 e. The Balaban J connectivity index is 1.17. The summed E-state index contributed by atoms with van der Waals surface area (Å²) < 4.78 is 6.07. The molecule has 3 N–H and O–H groups in total. The number of carbonyl (C=O) groups excluding carboxylic acids is 1. The summed E-state index contributed by atoms with van der Waals surface area (Å²) in [5.74, 6) is 2.55. The fourth-order valence-electron chi connectivity index (χ4n) is 5.36. The second kappa shape index (κ2) is 7.62. The van der Waals surface area contributed by atoms with E-state index in [-0.39, 0.29) is 11.9 Å². The van der Waals surface area contributed by atoms with Crippen LogP contribution in [0.1, 0.15) is 46.6 Å². The number of nitrogen functional groups attached to an aromatic ring is 1. The second-order valence-electron chi connectivity index (χ2n) is 9.31. The van der Waals surface area contributed by atoms with Gasteiger partial charge >= 0.3 is 0 Å². The molecule has 1 aliphatic carbocycles. The zero-order chi connectivity index (χ0) is 21.8. The summed E-state index contributed by atoms with van der Waals surface area (Å²) in [6, 6.07) is 6.43. The summed E-state index contributed by atoms with van der Waals surface area (Å²) in [5.41, 5.74) is 8.69. The molecule has 3 aromatic rings. The van der Waals surface area contributed by atoms with Crippen LogP contribution in [-0.2, 0) is 6.42 Å². The number of carbonyl (C=O) groups is 1. The molecule has 0 unspecified atom stereocenters. The molecule has 2 bridgehead atoms. The molecule has 7 nitrogen and oxygen atoms in total. The van der Waals surface area contributed by atoms with Crippen molar-refractivity contribution >= 4 is 39.0 Å². The normalized spacial score (nSPS) is 24.3. The number of piperidine rings is 2. The number of thiophene rings is 1. The van der Waals surface area contributed by atoms with E-state index in [1.807, 2.05) is 25.3 Å². The van der Waals surface area contributed by atoms with Crippen molar-refractivity contribution in [2.24, 2.45) is 5.92 Å². The molecule has 7 rings (SSSR count). The molecular formula is C24H27N5O2S. The standard InChI is InChI=1S/C24H27N5O2S/c1-13-2-7-18-21(25)22(32-24(18)27-13)23(30)28-16-8-15-10-26-20(9-19(15)31-12-16)29-11-14-3-5-17(29)6-4-14/h2,7,9-10,14,16-17H,3-6,8,11-12,25H2,1H3,(H,28,30)/t14?,16-,17?/m1/s1. The van der Waals surface area contributed by atoms with Crippen LogP contribution in [0.4, 0.5) is 11.5 Å². The number of nitrogens with one attached hydrogen (secondary N) is 1. The van der Waals surface area contributed by atoms with Crippen molar-refractivity contribution < 1.29 is 9.53 Å². The summed E-state index contributed by atoms with van der Waals surface area (Å²) in [6.07, 6.45) is 7.87. The zero-order valence-corrected chi connectivity index (χ0v) is 19.0. The molecule has 0 radical (unpaired) electrons. The minimum atomic E-state index is -0.172. The number of rotatable bonds is 3. The second-order valence-corrected chi connectivity index (χ2v) is 10.3. The molecule has 166 valence electrons. The predicted molar refractivity (Wildman–Crippen MR) is 127 cm³/mol. The third-order valence-electron chi connectivity index (χ3n) is 7.12. The van der Waals surface area contributed by atoms with E-state index in [9.17, 15) is 4.79 Å². The number of aromatic nitrogens is 2. The van der Waals surface area contributed by atoms with Gasteiger partial charge in [0.15, 0.2) is 0 Å². The number of nitrogens with zero attached hydrogens (tertiary/aromatic N) is 3. The monoisotopic (exact) mass is 449 g/mol. The maximum absolute atomic E-state index is 12.9. The minimum absolute atomic E-state index is 0.118. The van der Waals surface area contributed by atoms with Gasteiger partial charge in [-0.25, -0.2) is 9.97 Å². The van der Waals surface area contributed by atoms with Gasteiger partial charge in [-0.3, -0.25) is 4.79 Å². The van der Waals surface area contributed by atoms with Gasteiger partial charge in [-0.15, -0.1) is 11.3 Å². The number of amides is 1. The molecule has 32 heavy (non-hydrogen) atoms. The van der Waals surface area contributed by atoms with Crippen LogP contribution in [0.25, 0.3) is 10.2 Å². The highest BCUT2D eigenvalue weighted by Crippen LogP contribution is 2.39. The van der Waals surface area contributed by atoms with Gasteiger partial charge in [0, 0.05) is 47.9 Å². The first kappa shape index (κ1) is 19.8. The largest absolute Gasteiger partial charge is 0.491 e. The number of pyridine rings is 2. The Hall–Kier alpha value is -2.87. The van der Waals surface area contributed by atoms with Crippen molar-refractivity contribution in [3.63, 3.8) is 0 Å². The Kier molecular flexibility index (Phi) is 4.71. The van der Waals surface area contributed by atoms with Gasteiger partial charge in [0.1, 0.15) is 27.9 Å². The highest BCUT2D eigenvalue weighted by molar-refractivity contribution is 7.21. The average molecular weight is 450 g/mol. The third-order valence-corrected chi connectivity index (χ3v) is 8.23. The lowest BCUT2D eigenvalue weighted by Crippen LogP contribution is -2.48. The van der Waals surface area contributed by atoms with Gasteiger partial charge in [-0.05, 0) is 50.7 Å². The van der Waals surface area contributed by atoms with E-state index < -0.39 is 0 Å². The SMILES string of the molecule is Cc1ccc2c(N)c(C(=O)N[C@H]3COc4cc(N5CC6CCC5CC6)ncc4C3)sc2n1. The Labute approximate surface area is 191 Å². The van der Waals surface area contributed by atoms with Crippen molar-refractivity contribution in [3.05, 3.63) is 40.5 Å². The van der Waals surface area contributed by atoms with Gasteiger partial charge in [0.2, 0.25) is 0 Å². The molecule has 1 amide bonds. The first-order chi connectivity index (χ1) is 15.5. The smallest absolute Gasteiger partial charge is 0.263 e. The van der Waals surface area contributed by atoms with Gasteiger partial charge in [0.25, 0.3) is 5.91 Å². The number of nitrogens with two attached hydrogens (primary N) is 1. The lowest BCUT2D eigenvalue weighted by atomic mass is 9.80. The molecule has 0 spiro atoms. The Morgan fingerprint density at radius 2 is 2.12 bits per heavy atom. The van der Waals surface area contributed by atoms with Crippen LogP contribution in [0.15, 0.2) is 24.4 Å². The van der Waals surface area contributed by atoms with Crippen LogP contribution < -0.4 is 20.7 Å². The van der Waals surface area contributed by atoms with Crippen LogP contribution in [0.3, 0.4) is 0 Å². The quantitative estimate of drug-likeness (QED) is 0.633. The van der Waals surface area contributed by atoms with Crippen LogP contribution in [0, 0.1) is 12.8 Å². The van der Waals surface area contributed by atoms with Crippen LogP contribution in [0.5, 0.6) is 5.75 Å². The number of anilines is 2. The lowest BCUT2D eigenvalue weighted by Gasteiger charge is -2.46. The van der Waals surface area contributed by atoms with Gasteiger partial charge in [0.05, 0.1) is 11.7 Å². The summed E-state index contributed by atoms with van der Waals surface area (Å²) >= 11 is 1.34. The van der Waals surface area contributed by atoms with E-state index in [2.05, 4.69) is 21.3 Å². The molecule has 0 aromatic carbocycles. The van der Waals surface area contributed by atoms with Crippen LogP contribution in [-0.4, -0.2) is 41.1 Å². The summed E-state index contributed by atoms with van der Waals surface area (Å²) in [6.45, 7) is 3.48. The molecule has 4 aliphatic rings. The van der Waals surface area contributed by atoms with Gasteiger partial charge < -0.3 is 20.7 Å². The van der Waals surface area contributed by atoms with Crippen molar-refractivity contribution in [2.75, 3.05) is 23.8 Å². The maximum atomic E-state index is 12.9. The summed E-state index contributed by atoms with van der Waals surface area (Å²) in [4.78, 5) is 26.0. The van der Waals surface area contributed by atoms with E-state index in [1.165, 1.54) is 37.0 Å². The molecule has 1 atom stereocenters. The van der Waals surface area contributed by atoms with Crippen molar-refractivity contribution in [1.82, 2.24) is 15.3 Å². The van der Waals surface area contributed by atoms with E-state index in [0.717, 1.165) is 45.5 Å². The number of fused-ring (bicyclic) bond motifs is 5. The first-order valence-electron chi connectivity index (χ1n) is 11.4. The van der Waals surface area contributed by atoms with E-state index in [1.54, 1.807) is 0 Å². The van der Waals surface area contributed by atoms with Crippen molar-refractivity contribution in [2.45, 2.75) is 51.1 Å². The van der Waals surface area contributed by atoms with Crippen LogP contribution in [0.2, 0.25) is 0 Å². The van der Waals surface area contributed by atoms with E-state index in [4.69, 9.17) is 15.5 Å². The number of aryl methyl sites for hydroxylation is 1. The van der Waals surface area contributed by atoms with Crippen molar-refractivity contribution in [3.8, 4) is 5.75 Å². The first-order valence-corrected chi connectivity index (χ1v) is 12.2. The molecule has 3 aliphatic heterocycles. The Morgan fingerprint density at radius 3 is 2.91 bits per heavy atom. The molecule has 8 heteroatoms. The zero-order valence-electron chi connectivity index (χ0n) is 18.1. The molecule has 1 saturated carbocycles. The predicted octanol–water partition coefficient (Wildman–Crippen LogP) is 3.69. The summed E-state index contributed by atoms with van der Waals surface area (Å²) in [5, 5.41) is 3.93.